The van der Waals surface area contributed by atoms with Gasteiger partial charge in [0.1, 0.15) is 6.04 Å². The van der Waals surface area contributed by atoms with Crippen molar-refractivity contribution in [3.63, 3.8) is 0 Å². The Balaban J connectivity index is 2.11. The molecule has 2 heterocycles. The quantitative estimate of drug-likeness (QED) is 0.646. The zero-order chi connectivity index (χ0) is 25.4. The van der Waals surface area contributed by atoms with E-state index in [4.69, 9.17) is 0 Å². The fourth-order valence-electron chi connectivity index (χ4n) is 4.56. The first kappa shape index (κ1) is 25.6. The van der Waals surface area contributed by atoms with Crippen LogP contribution < -0.4 is 5.32 Å². The van der Waals surface area contributed by atoms with E-state index >= 15 is 0 Å². The third kappa shape index (κ3) is 4.63. The summed E-state index contributed by atoms with van der Waals surface area (Å²) in [5, 5.41) is 2.60. The average Bonchev–Trinajstić information content (AvgIpc) is 3.12. The maximum absolute atomic E-state index is 13.8. The third-order valence-electron chi connectivity index (χ3n) is 6.35. The molecule has 7 nitrogen and oxygen atoms in total. The molecule has 0 unspecified atom stereocenters. The lowest BCUT2D eigenvalue weighted by molar-refractivity contribution is -0.142. The summed E-state index contributed by atoms with van der Waals surface area (Å²) in [5.74, 6) is -0.675. The van der Waals surface area contributed by atoms with Crippen LogP contribution in [0.1, 0.15) is 51.3 Å². The second-order valence-electron chi connectivity index (χ2n) is 9.00. The Morgan fingerprint density at radius 2 is 1.85 bits per heavy atom. The lowest BCUT2D eigenvalue weighted by atomic mass is 9.91. The molecule has 0 radical (unpaired) electrons. The molecule has 2 aliphatic heterocycles. The molecule has 2 atom stereocenters. The van der Waals surface area contributed by atoms with Crippen LogP contribution in [0.25, 0.3) is 0 Å². The van der Waals surface area contributed by atoms with Crippen LogP contribution in [0.3, 0.4) is 0 Å². The number of amides is 4. The third-order valence-corrected chi connectivity index (χ3v) is 6.35. The predicted molar refractivity (Wildman–Crippen MR) is 120 cm³/mol. The van der Waals surface area contributed by atoms with Crippen molar-refractivity contribution in [1.29, 1.82) is 0 Å². The molecular formula is C24H31F3N4O3. The van der Waals surface area contributed by atoms with Crippen LogP contribution >= 0.6 is 0 Å². The van der Waals surface area contributed by atoms with Crippen LogP contribution in [0, 0.1) is 5.92 Å². The first-order chi connectivity index (χ1) is 15.9. The van der Waals surface area contributed by atoms with E-state index in [-0.39, 0.29) is 36.1 Å². The van der Waals surface area contributed by atoms with E-state index in [1.54, 1.807) is 14.0 Å². The maximum Gasteiger partial charge on any atom is 0.416 e. The minimum absolute atomic E-state index is 0.0131. The van der Waals surface area contributed by atoms with Gasteiger partial charge in [0.2, 0.25) is 5.91 Å². The van der Waals surface area contributed by atoms with Gasteiger partial charge in [-0.2, -0.15) is 13.2 Å². The largest absolute Gasteiger partial charge is 0.416 e. The normalized spacial score (nSPS) is 19.5. The minimum atomic E-state index is -4.66. The summed E-state index contributed by atoms with van der Waals surface area (Å²) >= 11 is 0. The van der Waals surface area contributed by atoms with Gasteiger partial charge in [0, 0.05) is 20.1 Å². The number of rotatable bonds is 7. The number of halogens is 3. The molecule has 0 bridgehead atoms. The first-order valence-corrected chi connectivity index (χ1v) is 11.4. The molecule has 10 heteroatoms. The Morgan fingerprint density at radius 3 is 2.41 bits per heavy atom. The summed E-state index contributed by atoms with van der Waals surface area (Å²) in [5.41, 5.74) is -0.680. The summed E-state index contributed by atoms with van der Waals surface area (Å²) in [4.78, 5) is 44.0. The fraction of sp³-hybridized carbons (Fsp3) is 0.542. The van der Waals surface area contributed by atoms with Gasteiger partial charge in [0.05, 0.1) is 29.4 Å². The van der Waals surface area contributed by atoms with Gasteiger partial charge < -0.3 is 15.1 Å². The second-order valence-corrected chi connectivity index (χ2v) is 9.00. The van der Waals surface area contributed by atoms with Crippen molar-refractivity contribution in [3.8, 4) is 0 Å². The maximum atomic E-state index is 13.8. The van der Waals surface area contributed by atoms with Crippen molar-refractivity contribution in [1.82, 2.24) is 20.0 Å². The van der Waals surface area contributed by atoms with E-state index in [0.29, 0.717) is 18.7 Å². The van der Waals surface area contributed by atoms with Gasteiger partial charge in [0.15, 0.2) is 0 Å². The van der Waals surface area contributed by atoms with Gasteiger partial charge in [-0.3, -0.25) is 14.5 Å². The van der Waals surface area contributed by atoms with Crippen LogP contribution in [0.2, 0.25) is 0 Å². The second kappa shape index (κ2) is 9.68. The van der Waals surface area contributed by atoms with Crippen LogP contribution in [-0.2, 0) is 15.8 Å². The number of nitrogens with zero attached hydrogens (tertiary/aromatic N) is 3. The van der Waals surface area contributed by atoms with E-state index in [0.717, 1.165) is 6.07 Å². The molecule has 186 valence electrons. The molecule has 2 aliphatic rings. The van der Waals surface area contributed by atoms with E-state index in [9.17, 15) is 27.6 Å². The van der Waals surface area contributed by atoms with Gasteiger partial charge in [0.25, 0.3) is 5.91 Å². The fourth-order valence-corrected chi connectivity index (χ4v) is 4.56. The molecular weight excluding hydrogens is 449 g/mol. The smallest absolute Gasteiger partial charge is 0.344 e. The highest BCUT2D eigenvalue weighted by molar-refractivity contribution is 6.03. The van der Waals surface area contributed by atoms with Gasteiger partial charge in [-0.1, -0.05) is 32.0 Å². The van der Waals surface area contributed by atoms with Crippen LogP contribution in [0.5, 0.6) is 0 Å². The van der Waals surface area contributed by atoms with Crippen LogP contribution in [0.4, 0.5) is 18.0 Å². The van der Waals surface area contributed by atoms with E-state index in [1.165, 1.54) is 32.9 Å². The highest BCUT2D eigenvalue weighted by atomic mass is 19.4. The number of benzene rings is 1. The number of likely N-dealkylation sites (N-methyl/N-ethyl adjacent to an activating group) is 2. The van der Waals surface area contributed by atoms with Crippen molar-refractivity contribution in [2.24, 2.45) is 5.92 Å². The molecule has 0 saturated heterocycles. The van der Waals surface area contributed by atoms with Crippen molar-refractivity contribution >= 4 is 17.8 Å². The number of carbonyl (C=O) groups excluding carboxylic acids is 3. The molecule has 0 aromatic heterocycles. The molecule has 0 saturated carbocycles. The lowest BCUT2D eigenvalue weighted by Crippen LogP contribution is -2.49. The predicted octanol–water partition coefficient (Wildman–Crippen LogP) is 3.78. The summed E-state index contributed by atoms with van der Waals surface area (Å²) < 4.78 is 41.3. The zero-order valence-corrected chi connectivity index (χ0v) is 20.1. The Labute approximate surface area is 197 Å². The standard InChI is InChI=1S/C24H31F3N4O3/c1-6-29(5)21(32)17(12-14(3)4)31-13-18-19(22(31)33)20(28-23(34)30(18)7-2)15-10-8-9-11-16(15)24(25,26)27/h8-11,14,17,20H,6-7,12-13H2,1-5H3,(H,28,34)/t17-,20+/m0/s1. The number of alkyl halides is 3. The minimum Gasteiger partial charge on any atom is -0.344 e. The summed E-state index contributed by atoms with van der Waals surface area (Å²) in [7, 11) is 1.65. The number of hydrogen-bond donors (Lipinski definition) is 1. The van der Waals surface area contributed by atoms with Crippen LogP contribution in [0.15, 0.2) is 35.5 Å². The monoisotopic (exact) mass is 480 g/mol. The van der Waals surface area contributed by atoms with Gasteiger partial charge in [-0.05, 0) is 37.8 Å². The van der Waals surface area contributed by atoms with Gasteiger partial charge in [-0.25, -0.2) is 4.79 Å². The van der Waals surface area contributed by atoms with Crippen LogP contribution in [-0.4, -0.2) is 65.3 Å². The highest BCUT2D eigenvalue weighted by Crippen LogP contribution is 2.42. The van der Waals surface area contributed by atoms with Crippen molar-refractivity contribution in [2.45, 2.75) is 52.4 Å². The molecule has 0 fully saturated rings. The molecule has 0 aliphatic carbocycles. The summed E-state index contributed by atoms with van der Waals surface area (Å²) in [6.45, 7) is 8.09. The first-order valence-electron chi connectivity index (χ1n) is 11.4. The Kier molecular flexibility index (Phi) is 7.28. The average molecular weight is 481 g/mol. The van der Waals surface area contributed by atoms with Gasteiger partial charge in [-0.15, -0.1) is 0 Å². The van der Waals surface area contributed by atoms with E-state index in [2.05, 4.69) is 5.32 Å². The van der Waals surface area contributed by atoms with Crippen molar-refractivity contribution < 1.29 is 27.6 Å². The number of urea groups is 1. The molecule has 4 amide bonds. The van der Waals surface area contributed by atoms with Crippen molar-refractivity contribution in [2.75, 3.05) is 26.7 Å². The SMILES string of the molecule is CCN(C)C(=O)[C@H](CC(C)C)N1CC2=C(C1=O)[C@@H](c1ccccc1C(F)(F)F)NC(=O)N2CC. The summed E-state index contributed by atoms with van der Waals surface area (Å²) in [6.07, 6.45) is -4.27. The molecule has 1 aromatic rings. The number of carbonyl (C=O) groups is 3. The van der Waals surface area contributed by atoms with Gasteiger partial charge >= 0.3 is 12.2 Å². The number of hydrogen-bond acceptors (Lipinski definition) is 3. The molecule has 1 aromatic carbocycles. The summed E-state index contributed by atoms with van der Waals surface area (Å²) in [6, 6.07) is 2.31. The number of nitrogens with one attached hydrogen (secondary N) is 1. The van der Waals surface area contributed by atoms with Crippen molar-refractivity contribution in [3.05, 3.63) is 46.7 Å². The van der Waals surface area contributed by atoms with E-state index in [1.807, 2.05) is 20.8 Å². The van der Waals surface area contributed by atoms with E-state index < -0.39 is 35.8 Å². The topological polar surface area (TPSA) is 73.0 Å². The molecule has 1 N–H and O–H groups in total. The Hall–Kier alpha value is -3.04. The highest BCUT2D eigenvalue weighted by Gasteiger charge is 2.48. The Bertz CT molecular complexity index is 1010. The molecule has 34 heavy (non-hydrogen) atoms. The molecule has 0 spiro atoms. The Morgan fingerprint density at radius 1 is 1.21 bits per heavy atom. The molecule has 3 rings (SSSR count). The zero-order valence-electron chi connectivity index (χ0n) is 20.1. The lowest BCUT2D eigenvalue weighted by Gasteiger charge is -2.33.